The number of hydrogen-bond acceptors (Lipinski definition) is 2. The van der Waals surface area contributed by atoms with Crippen LogP contribution in [0.25, 0.3) is 0 Å². The van der Waals surface area contributed by atoms with Crippen molar-refractivity contribution in [2.75, 3.05) is 6.61 Å². The van der Waals surface area contributed by atoms with E-state index in [-0.39, 0.29) is 5.60 Å². The monoisotopic (exact) mass is 274 g/mol. The molecule has 1 heterocycles. The summed E-state index contributed by atoms with van der Waals surface area (Å²) in [5.41, 5.74) is 1.92. The first-order chi connectivity index (χ1) is 9.53. The van der Waals surface area contributed by atoms with E-state index >= 15 is 0 Å². The normalized spacial score (nSPS) is 51.0. The Labute approximate surface area is 122 Å². The first-order valence-electron chi connectivity index (χ1n) is 8.38. The summed E-state index contributed by atoms with van der Waals surface area (Å²) in [6.07, 6.45) is 10.00. The summed E-state index contributed by atoms with van der Waals surface area (Å²) in [6, 6.07) is 0. The lowest BCUT2D eigenvalue weighted by Crippen LogP contribution is -2.51. The standard InChI is InChI=1S/C18H26O2/c1-17-8-5-13(19)11-12(17)3-4-14-15(17)6-9-18(2)16(14)7-10-20-18/h3,14-16H,4-11H2,1-2H3/t14-,15+,16+,17+,18+/m1/s1. The van der Waals surface area contributed by atoms with Gasteiger partial charge in [0.2, 0.25) is 0 Å². The molecule has 4 aliphatic rings. The average Bonchev–Trinajstić information content (AvgIpc) is 2.81. The smallest absolute Gasteiger partial charge is 0.136 e. The Bertz CT molecular complexity index is 480. The van der Waals surface area contributed by atoms with Crippen LogP contribution in [0.2, 0.25) is 0 Å². The van der Waals surface area contributed by atoms with Gasteiger partial charge >= 0.3 is 0 Å². The number of Topliss-reactive ketones (excluding diaryl/α,β-unsaturated/α-hetero) is 1. The summed E-state index contributed by atoms with van der Waals surface area (Å²) >= 11 is 0. The number of hydrogen-bond donors (Lipinski definition) is 0. The Kier molecular flexibility index (Phi) is 2.74. The van der Waals surface area contributed by atoms with Gasteiger partial charge in [0, 0.05) is 19.4 Å². The first kappa shape index (κ1) is 13.1. The van der Waals surface area contributed by atoms with Crippen molar-refractivity contribution in [2.45, 2.75) is 64.4 Å². The molecule has 3 fully saturated rings. The molecule has 1 aliphatic heterocycles. The molecule has 1 saturated heterocycles. The number of ether oxygens (including phenoxy) is 1. The van der Waals surface area contributed by atoms with Gasteiger partial charge in [0.1, 0.15) is 5.78 Å². The fraction of sp³-hybridized carbons (Fsp3) is 0.833. The van der Waals surface area contributed by atoms with Crippen LogP contribution in [0.3, 0.4) is 0 Å². The van der Waals surface area contributed by atoms with E-state index in [0.29, 0.717) is 11.2 Å². The second-order valence-corrected chi connectivity index (χ2v) is 7.96. The van der Waals surface area contributed by atoms with Crippen LogP contribution < -0.4 is 0 Å². The minimum Gasteiger partial charge on any atom is -0.375 e. The minimum absolute atomic E-state index is 0.146. The molecule has 0 aromatic rings. The van der Waals surface area contributed by atoms with Gasteiger partial charge in [-0.3, -0.25) is 4.79 Å². The molecule has 2 nitrogen and oxygen atoms in total. The molecule has 110 valence electrons. The lowest BCUT2D eigenvalue weighted by molar-refractivity contribution is -0.123. The van der Waals surface area contributed by atoms with Gasteiger partial charge in [0.15, 0.2) is 0 Å². The van der Waals surface area contributed by atoms with Crippen LogP contribution in [-0.4, -0.2) is 18.0 Å². The highest BCUT2D eigenvalue weighted by atomic mass is 16.5. The summed E-state index contributed by atoms with van der Waals surface area (Å²) in [5, 5.41) is 0. The Morgan fingerprint density at radius 2 is 2.05 bits per heavy atom. The Morgan fingerprint density at radius 1 is 1.20 bits per heavy atom. The van der Waals surface area contributed by atoms with Gasteiger partial charge in [-0.15, -0.1) is 0 Å². The fourth-order valence-electron chi connectivity index (χ4n) is 5.88. The van der Waals surface area contributed by atoms with Gasteiger partial charge in [-0.2, -0.15) is 0 Å². The lowest BCUT2D eigenvalue weighted by atomic mass is 9.49. The topological polar surface area (TPSA) is 26.3 Å². The van der Waals surface area contributed by atoms with Crippen LogP contribution in [0.15, 0.2) is 11.6 Å². The fourth-order valence-corrected chi connectivity index (χ4v) is 5.88. The minimum atomic E-state index is 0.146. The predicted octanol–water partition coefficient (Wildman–Crippen LogP) is 3.90. The molecular formula is C18H26O2. The zero-order valence-electron chi connectivity index (χ0n) is 12.8. The van der Waals surface area contributed by atoms with Gasteiger partial charge in [0.25, 0.3) is 0 Å². The highest BCUT2D eigenvalue weighted by Crippen LogP contribution is 2.61. The van der Waals surface area contributed by atoms with Crippen LogP contribution >= 0.6 is 0 Å². The molecule has 0 unspecified atom stereocenters. The molecule has 0 N–H and O–H groups in total. The highest BCUT2D eigenvalue weighted by Gasteiger charge is 2.56. The van der Waals surface area contributed by atoms with Crippen LogP contribution in [0, 0.1) is 23.2 Å². The second-order valence-electron chi connectivity index (χ2n) is 7.96. The molecule has 4 rings (SSSR count). The van der Waals surface area contributed by atoms with Crippen molar-refractivity contribution in [1.82, 2.24) is 0 Å². The molecule has 0 bridgehead atoms. The first-order valence-corrected chi connectivity index (χ1v) is 8.38. The highest BCUT2D eigenvalue weighted by molar-refractivity contribution is 5.82. The molecule has 0 amide bonds. The summed E-state index contributed by atoms with van der Waals surface area (Å²) < 4.78 is 6.10. The van der Waals surface area contributed by atoms with Crippen molar-refractivity contribution in [3.63, 3.8) is 0 Å². The summed E-state index contributed by atoms with van der Waals surface area (Å²) in [4.78, 5) is 11.8. The van der Waals surface area contributed by atoms with Gasteiger partial charge in [-0.05, 0) is 62.2 Å². The third-order valence-electron chi connectivity index (χ3n) is 7.13. The maximum absolute atomic E-state index is 11.8. The number of ketones is 1. The van der Waals surface area contributed by atoms with E-state index in [2.05, 4.69) is 19.9 Å². The van der Waals surface area contributed by atoms with Crippen molar-refractivity contribution >= 4 is 5.78 Å². The Morgan fingerprint density at radius 3 is 2.90 bits per heavy atom. The van der Waals surface area contributed by atoms with Gasteiger partial charge < -0.3 is 4.74 Å². The molecule has 2 heteroatoms. The molecule has 0 aromatic heterocycles. The maximum atomic E-state index is 11.8. The summed E-state index contributed by atoms with van der Waals surface area (Å²) in [5.74, 6) is 2.78. The van der Waals surface area contributed by atoms with E-state index < -0.39 is 0 Å². The van der Waals surface area contributed by atoms with E-state index in [9.17, 15) is 4.79 Å². The van der Waals surface area contributed by atoms with E-state index in [0.717, 1.165) is 43.6 Å². The van der Waals surface area contributed by atoms with Crippen molar-refractivity contribution < 1.29 is 9.53 Å². The van der Waals surface area contributed by atoms with Gasteiger partial charge in [-0.1, -0.05) is 18.6 Å². The Balaban J connectivity index is 1.70. The third-order valence-corrected chi connectivity index (χ3v) is 7.13. The van der Waals surface area contributed by atoms with Crippen LogP contribution in [0.1, 0.15) is 58.8 Å². The predicted molar refractivity (Wildman–Crippen MR) is 78.3 cm³/mol. The van der Waals surface area contributed by atoms with Gasteiger partial charge in [0.05, 0.1) is 5.60 Å². The zero-order chi connectivity index (χ0) is 14.0. The van der Waals surface area contributed by atoms with Crippen molar-refractivity contribution in [3.05, 3.63) is 11.6 Å². The molecule has 20 heavy (non-hydrogen) atoms. The average molecular weight is 274 g/mol. The SMILES string of the molecule is C[C@]12CCC(=O)CC1=CC[C@@H]1[C@@H]2CC[C@]2(C)OCC[C@@H]12. The number of fused-ring (bicyclic) bond motifs is 5. The van der Waals surface area contributed by atoms with E-state index in [1.807, 2.05) is 0 Å². The number of rotatable bonds is 0. The molecule has 2 saturated carbocycles. The zero-order valence-corrected chi connectivity index (χ0v) is 12.8. The van der Waals surface area contributed by atoms with Crippen LogP contribution in [0.5, 0.6) is 0 Å². The van der Waals surface area contributed by atoms with E-state index in [1.165, 1.54) is 31.3 Å². The Hall–Kier alpha value is -0.630. The lowest BCUT2D eigenvalue weighted by Gasteiger charge is -2.55. The molecule has 0 spiro atoms. The maximum Gasteiger partial charge on any atom is 0.136 e. The van der Waals surface area contributed by atoms with Crippen molar-refractivity contribution in [1.29, 1.82) is 0 Å². The molecule has 0 radical (unpaired) electrons. The van der Waals surface area contributed by atoms with Gasteiger partial charge in [-0.25, -0.2) is 0 Å². The quantitative estimate of drug-likeness (QED) is 0.626. The summed E-state index contributed by atoms with van der Waals surface area (Å²) in [6.45, 7) is 5.74. The summed E-state index contributed by atoms with van der Waals surface area (Å²) in [7, 11) is 0. The van der Waals surface area contributed by atoms with E-state index in [4.69, 9.17) is 4.74 Å². The third kappa shape index (κ3) is 1.63. The molecular weight excluding hydrogens is 248 g/mol. The molecule has 3 aliphatic carbocycles. The number of carbonyl (C=O) groups is 1. The molecule has 5 atom stereocenters. The largest absolute Gasteiger partial charge is 0.375 e. The van der Waals surface area contributed by atoms with Crippen LogP contribution in [-0.2, 0) is 9.53 Å². The van der Waals surface area contributed by atoms with Crippen molar-refractivity contribution in [3.8, 4) is 0 Å². The van der Waals surface area contributed by atoms with E-state index in [1.54, 1.807) is 0 Å². The molecule has 0 aromatic carbocycles. The van der Waals surface area contributed by atoms with Crippen LogP contribution in [0.4, 0.5) is 0 Å². The van der Waals surface area contributed by atoms with Crippen molar-refractivity contribution in [2.24, 2.45) is 23.2 Å². The number of allylic oxidation sites excluding steroid dienone is 2. The second kappa shape index (κ2) is 4.19. The number of carbonyl (C=O) groups excluding carboxylic acids is 1.